The van der Waals surface area contributed by atoms with Gasteiger partial charge in [-0.05, 0) is 143 Å². The van der Waals surface area contributed by atoms with E-state index in [1.54, 1.807) is 0 Å². The highest BCUT2D eigenvalue weighted by Gasteiger charge is 2.46. The van der Waals surface area contributed by atoms with Crippen LogP contribution < -0.4 is 9.64 Å². The first kappa shape index (κ1) is 35.5. The highest BCUT2D eigenvalue weighted by Crippen LogP contribution is 2.57. The third-order valence-corrected chi connectivity index (χ3v) is 13.5. The van der Waals surface area contributed by atoms with Crippen LogP contribution in [0.1, 0.15) is 22.3 Å². The lowest BCUT2D eigenvalue weighted by atomic mass is 9.67. The Hall–Kier alpha value is -8.20. The zero-order chi connectivity index (χ0) is 41.5. The maximum Gasteiger partial charge on any atom is 0.151 e. The summed E-state index contributed by atoms with van der Waals surface area (Å²) in [6.45, 7) is 0. The van der Waals surface area contributed by atoms with Crippen molar-refractivity contribution in [2.24, 2.45) is 0 Å². The minimum absolute atomic E-state index is 0.505. The van der Waals surface area contributed by atoms with Gasteiger partial charge in [-0.15, -0.1) is 0 Å². The number of nitrogens with zero attached hydrogens (tertiary/aromatic N) is 1. The van der Waals surface area contributed by atoms with Gasteiger partial charge >= 0.3 is 0 Å². The number of fused-ring (bicyclic) bond motifs is 11. The molecular formula is C61H39NO. The van der Waals surface area contributed by atoms with E-state index in [-0.39, 0.29) is 0 Å². The van der Waals surface area contributed by atoms with E-state index in [9.17, 15) is 0 Å². The molecular weight excluding hydrogens is 763 g/mol. The number of para-hydroxylation sites is 4. The molecule has 0 aromatic heterocycles. The van der Waals surface area contributed by atoms with Crippen LogP contribution in [0.3, 0.4) is 0 Å². The first-order valence-electron chi connectivity index (χ1n) is 21.7. The number of hydrogen-bond donors (Lipinski definition) is 0. The first-order chi connectivity index (χ1) is 31.2. The van der Waals surface area contributed by atoms with Gasteiger partial charge in [0.25, 0.3) is 0 Å². The van der Waals surface area contributed by atoms with Gasteiger partial charge in [-0.2, -0.15) is 0 Å². The van der Waals surface area contributed by atoms with E-state index in [1.165, 1.54) is 65.7 Å². The summed E-state index contributed by atoms with van der Waals surface area (Å²) in [7, 11) is 0. The Morgan fingerprint density at radius 2 is 0.762 bits per heavy atom. The fourth-order valence-corrected chi connectivity index (χ4v) is 10.8. The molecule has 0 bridgehead atoms. The van der Waals surface area contributed by atoms with Crippen molar-refractivity contribution in [1.82, 2.24) is 0 Å². The molecule has 0 fully saturated rings. The van der Waals surface area contributed by atoms with Crippen LogP contribution in [0.2, 0.25) is 0 Å². The van der Waals surface area contributed by atoms with Crippen LogP contribution in [0.25, 0.3) is 65.7 Å². The summed E-state index contributed by atoms with van der Waals surface area (Å²) in [6, 6.07) is 86.8. The largest absolute Gasteiger partial charge is 0.453 e. The number of benzene rings is 11. The van der Waals surface area contributed by atoms with Crippen molar-refractivity contribution in [2.75, 3.05) is 4.90 Å². The molecule has 0 amide bonds. The van der Waals surface area contributed by atoms with E-state index < -0.39 is 5.41 Å². The molecule has 1 aliphatic heterocycles. The summed E-state index contributed by atoms with van der Waals surface area (Å²) >= 11 is 0. The van der Waals surface area contributed by atoms with Gasteiger partial charge in [0, 0.05) is 5.69 Å². The maximum absolute atomic E-state index is 6.53. The third kappa shape index (κ3) is 5.32. The molecule has 2 nitrogen and oxygen atoms in total. The highest BCUT2D eigenvalue weighted by molar-refractivity contribution is 6.25. The van der Waals surface area contributed by atoms with Gasteiger partial charge in [0.15, 0.2) is 11.5 Å². The Morgan fingerprint density at radius 1 is 0.302 bits per heavy atom. The summed E-state index contributed by atoms with van der Waals surface area (Å²) in [4.78, 5) is 2.37. The summed E-state index contributed by atoms with van der Waals surface area (Å²) in [5.74, 6) is 1.66. The predicted octanol–water partition coefficient (Wildman–Crippen LogP) is 16.4. The van der Waals surface area contributed by atoms with Crippen LogP contribution in [0.15, 0.2) is 237 Å². The number of rotatable bonds is 5. The predicted molar refractivity (Wildman–Crippen MR) is 262 cm³/mol. The molecule has 13 rings (SSSR count). The van der Waals surface area contributed by atoms with Crippen LogP contribution in [-0.2, 0) is 5.41 Å². The van der Waals surface area contributed by atoms with Gasteiger partial charge in [-0.1, -0.05) is 182 Å². The van der Waals surface area contributed by atoms with Crippen molar-refractivity contribution in [3.05, 3.63) is 259 Å². The zero-order valence-corrected chi connectivity index (χ0v) is 34.4. The van der Waals surface area contributed by atoms with Crippen LogP contribution in [0.5, 0.6) is 11.5 Å². The molecule has 2 heteroatoms. The Bertz CT molecular complexity index is 3490. The van der Waals surface area contributed by atoms with Crippen molar-refractivity contribution in [2.45, 2.75) is 5.41 Å². The molecule has 1 aliphatic carbocycles. The summed E-state index contributed by atoms with van der Waals surface area (Å²) in [5, 5.41) is 7.60. The lowest BCUT2D eigenvalue weighted by Crippen LogP contribution is -2.28. The van der Waals surface area contributed by atoms with Crippen molar-refractivity contribution in [3.8, 4) is 44.9 Å². The molecule has 294 valence electrons. The molecule has 2 aliphatic rings. The molecule has 11 aromatic carbocycles. The number of ether oxygens (including phenoxy) is 1. The maximum atomic E-state index is 6.53. The second-order valence-corrected chi connectivity index (χ2v) is 16.8. The van der Waals surface area contributed by atoms with Crippen molar-refractivity contribution in [1.29, 1.82) is 0 Å². The van der Waals surface area contributed by atoms with Crippen LogP contribution in [0.4, 0.5) is 17.1 Å². The van der Waals surface area contributed by atoms with Gasteiger partial charge in [-0.3, -0.25) is 0 Å². The van der Waals surface area contributed by atoms with Gasteiger partial charge in [-0.25, -0.2) is 0 Å². The quantitative estimate of drug-likeness (QED) is 0.161. The molecule has 0 unspecified atom stereocenters. The molecule has 1 heterocycles. The van der Waals surface area contributed by atoms with Crippen molar-refractivity contribution in [3.63, 3.8) is 0 Å². The van der Waals surface area contributed by atoms with E-state index in [4.69, 9.17) is 4.74 Å². The van der Waals surface area contributed by atoms with Crippen LogP contribution in [0, 0.1) is 0 Å². The average Bonchev–Trinajstić information content (AvgIpc) is 3.66. The fraction of sp³-hybridized carbons (Fsp3) is 0.0164. The molecule has 0 N–H and O–H groups in total. The van der Waals surface area contributed by atoms with E-state index in [0.717, 1.165) is 50.8 Å². The second kappa shape index (κ2) is 13.9. The lowest BCUT2D eigenvalue weighted by Gasteiger charge is -2.34. The van der Waals surface area contributed by atoms with Gasteiger partial charge in [0.1, 0.15) is 0 Å². The monoisotopic (exact) mass is 801 g/mol. The fourth-order valence-electron chi connectivity index (χ4n) is 10.8. The normalized spacial score (nSPS) is 13.3. The van der Waals surface area contributed by atoms with Gasteiger partial charge < -0.3 is 9.64 Å². The highest BCUT2D eigenvalue weighted by atomic mass is 16.5. The molecule has 0 saturated carbocycles. The average molecular weight is 802 g/mol. The summed E-state index contributed by atoms with van der Waals surface area (Å²) in [5.41, 5.74) is 14.8. The third-order valence-electron chi connectivity index (χ3n) is 13.5. The molecule has 11 aromatic rings. The lowest BCUT2D eigenvalue weighted by molar-refractivity contribution is 0.477. The topological polar surface area (TPSA) is 12.5 Å². The minimum Gasteiger partial charge on any atom is -0.453 e. The van der Waals surface area contributed by atoms with E-state index >= 15 is 0 Å². The molecule has 0 atom stereocenters. The smallest absolute Gasteiger partial charge is 0.151 e. The Morgan fingerprint density at radius 3 is 1.38 bits per heavy atom. The van der Waals surface area contributed by atoms with E-state index in [1.807, 2.05) is 12.1 Å². The van der Waals surface area contributed by atoms with Crippen molar-refractivity contribution < 1.29 is 4.74 Å². The molecule has 0 spiro atoms. The first-order valence-corrected chi connectivity index (χ1v) is 21.7. The number of anilines is 3. The van der Waals surface area contributed by atoms with Crippen molar-refractivity contribution >= 4 is 49.4 Å². The van der Waals surface area contributed by atoms with E-state index in [0.29, 0.717) is 0 Å². The van der Waals surface area contributed by atoms with Crippen LogP contribution >= 0.6 is 0 Å². The summed E-state index contributed by atoms with van der Waals surface area (Å²) < 4.78 is 6.53. The summed E-state index contributed by atoms with van der Waals surface area (Å²) in [6.07, 6.45) is 0. The molecule has 0 radical (unpaired) electrons. The Kier molecular flexibility index (Phi) is 7.85. The zero-order valence-electron chi connectivity index (χ0n) is 34.4. The second-order valence-electron chi connectivity index (χ2n) is 16.8. The Labute approximate surface area is 366 Å². The molecule has 0 saturated heterocycles. The number of hydrogen-bond acceptors (Lipinski definition) is 2. The minimum atomic E-state index is -0.505. The SMILES string of the molecule is c1ccc(C2(c3ccccc3)c3ccccc3-c3ccc(-c4cc(-c5ccc6c7ccccc7c7ccccc7c6c5)cc(N5c6ccccc6Oc6ccccc65)c4)cc32)cc1. The molecule has 63 heavy (non-hydrogen) atoms. The van der Waals surface area contributed by atoms with Crippen LogP contribution in [-0.4, -0.2) is 0 Å². The van der Waals surface area contributed by atoms with E-state index in [2.05, 4.69) is 229 Å². The standard InChI is InChI=1S/C61H39NO/c1-3-17-44(18-4-1)61(45-19-5-2-6-20-45)55-26-12-11-25-52(55)53-34-32-41(39-56(53)61)43-35-42(36-46(37-43)62-57-27-13-15-29-59(57)63-60-30-16-14-28-58(60)62)40-31-33-51-49-23-8-7-21-47(49)48-22-9-10-24-50(48)54(51)38-40/h1-39H. The van der Waals surface area contributed by atoms with Gasteiger partial charge in [0.2, 0.25) is 0 Å². The Balaban J connectivity index is 1.08. The van der Waals surface area contributed by atoms with Gasteiger partial charge in [0.05, 0.1) is 16.8 Å².